The first-order valence-corrected chi connectivity index (χ1v) is 7.21. The van der Waals surface area contributed by atoms with Crippen LogP contribution in [0.3, 0.4) is 0 Å². The van der Waals surface area contributed by atoms with Crippen molar-refractivity contribution < 1.29 is 4.79 Å². The molecule has 0 aromatic heterocycles. The molecule has 0 aromatic carbocycles. The molecule has 0 spiro atoms. The minimum atomic E-state index is 0.0581. The summed E-state index contributed by atoms with van der Waals surface area (Å²) in [6, 6.07) is 0.116. The molecule has 5 nitrogen and oxygen atoms in total. The summed E-state index contributed by atoms with van der Waals surface area (Å²) >= 11 is 0. The monoisotopic (exact) mass is 254 g/mol. The van der Waals surface area contributed by atoms with E-state index in [4.69, 9.17) is 0 Å². The Balaban J connectivity index is 2.03. The van der Waals surface area contributed by atoms with E-state index in [2.05, 4.69) is 34.3 Å². The molecule has 2 saturated heterocycles. The number of piperazine rings is 2. The lowest BCUT2D eigenvalue weighted by Gasteiger charge is -2.40. The Morgan fingerprint density at radius 3 is 1.83 bits per heavy atom. The van der Waals surface area contributed by atoms with Gasteiger partial charge in [0.25, 0.3) is 0 Å². The van der Waals surface area contributed by atoms with Gasteiger partial charge in [0, 0.05) is 39.3 Å². The highest BCUT2D eigenvalue weighted by atomic mass is 16.1. The van der Waals surface area contributed by atoms with E-state index in [0.717, 1.165) is 52.4 Å². The zero-order chi connectivity index (χ0) is 13.0. The molecule has 0 aromatic rings. The predicted octanol–water partition coefficient (Wildman–Crippen LogP) is -0.857. The molecule has 5 heteroatoms. The lowest BCUT2D eigenvalue weighted by atomic mass is 9.99. The molecular weight excluding hydrogens is 228 g/mol. The zero-order valence-corrected chi connectivity index (χ0v) is 11.6. The average Bonchev–Trinajstić information content (AvgIpc) is 2.46. The summed E-state index contributed by atoms with van der Waals surface area (Å²) in [5.41, 5.74) is 0. The van der Waals surface area contributed by atoms with Gasteiger partial charge in [-0.3, -0.25) is 14.6 Å². The van der Waals surface area contributed by atoms with E-state index in [0.29, 0.717) is 5.78 Å². The molecule has 0 aliphatic carbocycles. The number of rotatable bonds is 4. The molecular formula is C13H26N4O. The molecule has 2 aliphatic rings. The van der Waals surface area contributed by atoms with E-state index < -0.39 is 0 Å². The second kappa shape index (κ2) is 6.61. The first-order valence-electron chi connectivity index (χ1n) is 7.21. The van der Waals surface area contributed by atoms with Gasteiger partial charge in [-0.2, -0.15) is 0 Å². The number of hydrogen-bond acceptors (Lipinski definition) is 5. The highest BCUT2D eigenvalue weighted by Gasteiger charge is 2.35. The van der Waals surface area contributed by atoms with Crippen LogP contribution in [0.5, 0.6) is 0 Å². The summed E-state index contributed by atoms with van der Waals surface area (Å²) in [5, 5.41) is 6.70. The van der Waals surface area contributed by atoms with Crippen LogP contribution in [-0.4, -0.2) is 80.0 Å². The van der Waals surface area contributed by atoms with Crippen molar-refractivity contribution in [1.29, 1.82) is 0 Å². The number of nitrogens with zero attached hydrogens (tertiary/aromatic N) is 2. The summed E-state index contributed by atoms with van der Waals surface area (Å²) in [4.78, 5) is 17.3. The number of Topliss-reactive ketones (excluding diaryl/α,β-unsaturated/α-hetero) is 1. The number of carbonyl (C=O) groups excluding carboxylic acids is 1. The van der Waals surface area contributed by atoms with Gasteiger partial charge in [-0.15, -0.1) is 0 Å². The summed E-state index contributed by atoms with van der Waals surface area (Å²) in [6.45, 7) is 11.8. The Morgan fingerprint density at radius 1 is 1.00 bits per heavy atom. The summed E-state index contributed by atoms with van der Waals surface area (Å²) in [6.07, 6.45) is 0. The first kappa shape index (κ1) is 13.9. The van der Waals surface area contributed by atoms with Gasteiger partial charge in [0.15, 0.2) is 5.78 Å². The van der Waals surface area contributed by atoms with Crippen LogP contribution < -0.4 is 10.6 Å². The standard InChI is InChI=1S/C13H26N4O/c1-3-16-7-5-14-9-11(16)13(18)12-10-15-6-8-17(12)4-2/h11-12,14-15H,3-10H2,1-2H3. The van der Waals surface area contributed by atoms with Gasteiger partial charge >= 0.3 is 0 Å². The topological polar surface area (TPSA) is 47.6 Å². The number of likely N-dealkylation sites (N-methyl/N-ethyl adjacent to an activating group) is 2. The first-order chi connectivity index (χ1) is 8.77. The van der Waals surface area contributed by atoms with E-state index in [1.54, 1.807) is 0 Å². The van der Waals surface area contributed by atoms with Gasteiger partial charge in [0.2, 0.25) is 0 Å². The van der Waals surface area contributed by atoms with Crippen LogP contribution in [0, 0.1) is 0 Å². The fourth-order valence-electron chi connectivity index (χ4n) is 3.03. The maximum absolute atomic E-state index is 12.7. The van der Waals surface area contributed by atoms with Crippen molar-refractivity contribution in [2.75, 3.05) is 52.4 Å². The van der Waals surface area contributed by atoms with Crippen molar-refractivity contribution in [3.8, 4) is 0 Å². The van der Waals surface area contributed by atoms with Gasteiger partial charge in [-0.1, -0.05) is 13.8 Å². The molecule has 0 bridgehead atoms. The Hall–Kier alpha value is -0.490. The molecule has 2 atom stereocenters. The van der Waals surface area contributed by atoms with E-state index in [1.807, 2.05) is 0 Å². The molecule has 104 valence electrons. The van der Waals surface area contributed by atoms with Crippen LogP contribution in [0.1, 0.15) is 13.8 Å². The maximum atomic E-state index is 12.7. The van der Waals surface area contributed by atoms with E-state index in [9.17, 15) is 4.79 Å². The van der Waals surface area contributed by atoms with Gasteiger partial charge in [0.05, 0.1) is 12.1 Å². The van der Waals surface area contributed by atoms with Crippen LogP contribution in [-0.2, 0) is 4.79 Å². The third-order valence-electron chi connectivity index (χ3n) is 4.18. The van der Waals surface area contributed by atoms with Crippen molar-refractivity contribution in [1.82, 2.24) is 20.4 Å². The molecule has 0 radical (unpaired) electrons. The molecule has 2 N–H and O–H groups in total. The van der Waals surface area contributed by atoms with Crippen molar-refractivity contribution in [3.05, 3.63) is 0 Å². The molecule has 2 heterocycles. The van der Waals surface area contributed by atoms with E-state index in [1.165, 1.54) is 0 Å². The lowest BCUT2D eigenvalue weighted by molar-refractivity contribution is -0.130. The van der Waals surface area contributed by atoms with E-state index >= 15 is 0 Å². The number of hydrogen-bond donors (Lipinski definition) is 2. The van der Waals surface area contributed by atoms with Crippen molar-refractivity contribution in [3.63, 3.8) is 0 Å². The second-order valence-electron chi connectivity index (χ2n) is 5.10. The van der Waals surface area contributed by atoms with Crippen LogP contribution in [0.15, 0.2) is 0 Å². The highest BCUT2D eigenvalue weighted by molar-refractivity contribution is 5.89. The second-order valence-corrected chi connectivity index (χ2v) is 5.10. The quantitative estimate of drug-likeness (QED) is 0.684. The fraction of sp³-hybridized carbons (Fsp3) is 0.923. The largest absolute Gasteiger partial charge is 0.313 e. The van der Waals surface area contributed by atoms with Crippen LogP contribution >= 0.6 is 0 Å². The van der Waals surface area contributed by atoms with Crippen molar-refractivity contribution in [2.45, 2.75) is 25.9 Å². The normalized spacial score (nSPS) is 31.4. The molecule has 2 aliphatic heterocycles. The molecule has 2 unspecified atom stereocenters. The SMILES string of the molecule is CCN1CCNCC1C(=O)C1CNCCN1CC. The van der Waals surface area contributed by atoms with Gasteiger partial charge in [-0.05, 0) is 13.1 Å². The third kappa shape index (κ3) is 2.91. The molecule has 2 fully saturated rings. The van der Waals surface area contributed by atoms with Crippen LogP contribution in [0.2, 0.25) is 0 Å². The molecule has 2 rings (SSSR count). The van der Waals surface area contributed by atoms with Crippen molar-refractivity contribution >= 4 is 5.78 Å². The summed E-state index contributed by atoms with van der Waals surface area (Å²) in [5.74, 6) is 0.387. The number of nitrogens with one attached hydrogen (secondary N) is 2. The highest BCUT2D eigenvalue weighted by Crippen LogP contribution is 2.12. The van der Waals surface area contributed by atoms with Gasteiger partial charge in [-0.25, -0.2) is 0 Å². The number of ketones is 1. The zero-order valence-electron chi connectivity index (χ0n) is 11.6. The lowest BCUT2D eigenvalue weighted by Crippen LogP contribution is -2.63. The predicted molar refractivity (Wildman–Crippen MR) is 72.8 cm³/mol. The Labute approximate surface area is 110 Å². The number of carbonyl (C=O) groups is 1. The Morgan fingerprint density at radius 2 is 1.44 bits per heavy atom. The third-order valence-corrected chi connectivity index (χ3v) is 4.18. The van der Waals surface area contributed by atoms with Crippen LogP contribution in [0.4, 0.5) is 0 Å². The molecule has 0 saturated carbocycles. The smallest absolute Gasteiger partial charge is 0.169 e. The summed E-state index contributed by atoms with van der Waals surface area (Å²) in [7, 11) is 0. The molecule has 0 amide bonds. The molecule has 18 heavy (non-hydrogen) atoms. The maximum Gasteiger partial charge on any atom is 0.169 e. The Kier molecular flexibility index (Phi) is 5.12. The average molecular weight is 254 g/mol. The Bertz CT molecular complexity index is 258. The van der Waals surface area contributed by atoms with Gasteiger partial charge < -0.3 is 10.6 Å². The fourth-order valence-corrected chi connectivity index (χ4v) is 3.03. The van der Waals surface area contributed by atoms with Gasteiger partial charge in [0.1, 0.15) is 0 Å². The minimum absolute atomic E-state index is 0.0581. The van der Waals surface area contributed by atoms with E-state index in [-0.39, 0.29) is 12.1 Å². The van der Waals surface area contributed by atoms with Crippen LogP contribution in [0.25, 0.3) is 0 Å². The minimum Gasteiger partial charge on any atom is -0.313 e. The summed E-state index contributed by atoms with van der Waals surface area (Å²) < 4.78 is 0. The van der Waals surface area contributed by atoms with Crippen molar-refractivity contribution in [2.24, 2.45) is 0 Å².